The Morgan fingerprint density at radius 2 is 1.47 bits per heavy atom. The van der Waals surface area contributed by atoms with E-state index >= 15 is 0 Å². The lowest BCUT2D eigenvalue weighted by molar-refractivity contribution is -0.143. The van der Waals surface area contributed by atoms with Gasteiger partial charge in [0, 0.05) is 12.6 Å². The predicted octanol–water partition coefficient (Wildman–Crippen LogP) is 8.59. The molecule has 2 atom stereocenters. The van der Waals surface area contributed by atoms with E-state index in [1.807, 2.05) is 0 Å². The second kappa shape index (κ2) is 11.8. The Hall–Kier alpha value is -3.65. The van der Waals surface area contributed by atoms with E-state index in [1.54, 1.807) is 6.92 Å². The molecule has 1 aliphatic carbocycles. The number of alkyl halides is 9. The molecule has 236 valence electrons. The summed E-state index contributed by atoms with van der Waals surface area (Å²) in [4.78, 5) is 28.2. The van der Waals surface area contributed by atoms with Gasteiger partial charge in [-0.1, -0.05) is 6.42 Å². The summed E-state index contributed by atoms with van der Waals surface area (Å²) in [6, 6.07) is 1.31. The molecule has 0 N–H and O–H groups in total. The zero-order chi connectivity index (χ0) is 31.9. The summed E-state index contributed by atoms with van der Waals surface area (Å²) in [5, 5.41) is 0. The second-order valence-corrected chi connectivity index (χ2v) is 10.4. The van der Waals surface area contributed by atoms with E-state index in [9.17, 15) is 49.1 Å². The van der Waals surface area contributed by atoms with Crippen LogP contribution >= 0.6 is 0 Å². The molecule has 2 aliphatic rings. The third kappa shape index (κ3) is 6.80. The van der Waals surface area contributed by atoms with Crippen molar-refractivity contribution in [1.29, 1.82) is 0 Å². The fourth-order valence-corrected chi connectivity index (χ4v) is 5.53. The Labute approximate surface area is 240 Å². The molecule has 1 heterocycles. The fourth-order valence-electron chi connectivity index (χ4n) is 5.53. The van der Waals surface area contributed by atoms with Crippen LogP contribution in [0.5, 0.6) is 0 Å². The molecule has 4 rings (SSSR count). The molecule has 2 aromatic carbocycles. The molecule has 0 radical (unpaired) electrons. The minimum atomic E-state index is -5.17. The molecule has 15 heteroatoms. The summed E-state index contributed by atoms with van der Waals surface area (Å²) in [6.45, 7) is 0.633. The van der Waals surface area contributed by atoms with Crippen LogP contribution in [0.25, 0.3) is 0 Å². The first-order valence-electron chi connectivity index (χ1n) is 13.3. The first kappa shape index (κ1) is 32.3. The standard InChI is InChI=1S/C28H27F9N2O4/c1-3-43-25(41)39-21-8-7-17(26(29,30)31)12-20(21)23(13-22(39)16-5-4-6-16)38(24(40)42-2)14-15-9-18(27(32,33)34)11-19(10-15)28(35,36)37/h7-12,16,22-23H,3-6,13-14H2,1-2H3. The van der Waals surface area contributed by atoms with Gasteiger partial charge in [-0.3, -0.25) is 9.80 Å². The molecule has 1 saturated carbocycles. The molecule has 0 bridgehead atoms. The number of methoxy groups -OCH3 is 1. The minimum Gasteiger partial charge on any atom is -0.453 e. The number of rotatable bonds is 5. The number of carbonyl (C=O) groups is 2. The number of hydrogen-bond donors (Lipinski definition) is 0. The van der Waals surface area contributed by atoms with Gasteiger partial charge in [-0.2, -0.15) is 39.5 Å². The highest BCUT2D eigenvalue weighted by Crippen LogP contribution is 2.49. The van der Waals surface area contributed by atoms with Crippen LogP contribution < -0.4 is 4.90 Å². The highest BCUT2D eigenvalue weighted by Gasteiger charge is 2.46. The summed E-state index contributed by atoms with van der Waals surface area (Å²) in [6.07, 6.45) is -15.3. The third-order valence-electron chi connectivity index (χ3n) is 7.71. The monoisotopic (exact) mass is 626 g/mol. The number of hydrogen-bond acceptors (Lipinski definition) is 4. The summed E-state index contributed by atoms with van der Waals surface area (Å²) in [5.74, 6) is -0.146. The van der Waals surface area contributed by atoms with Crippen molar-refractivity contribution in [3.05, 3.63) is 64.2 Å². The summed E-state index contributed by atoms with van der Waals surface area (Å²) >= 11 is 0. The van der Waals surface area contributed by atoms with Gasteiger partial charge in [-0.05, 0) is 79.6 Å². The van der Waals surface area contributed by atoms with Gasteiger partial charge < -0.3 is 9.47 Å². The van der Waals surface area contributed by atoms with Crippen molar-refractivity contribution in [2.75, 3.05) is 18.6 Å². The highest BCUT2D eigenvalue weighted by atomic mass is 19.4. The Balaban J connectivity index is 1.89. The number of anilines is 1. The second-order valence-electron chi connectivity index (χ2n) is 10.4. The van der Waals surface area contributed by atoms with E-state index in [1.165, 1.54) is 4.90 Å². The number of benzene rings is 2. The van der Waals surface area contributed by atoms with Gasteiger partial charge in [0.25, 0.3) is 0 Å². The average molecular weight is 627 g/mol. The first-order valence-corrected chi connectivity index (χ1v) is 13.3. The SMILES string of the molecule is CCOC(=O)N1c2ccc(C(F)(F)F)cc2C(N(Cc2cc(C(F)(F)F)cc(C(F)(F)F)c2)C(=O)OC)CC1C1CCC1. The predicted molar refractivity (Wildman–Crippen MR) is 134 cm³/mol. The maximum Gasteiger partial charge on any atom is 0.416 e. The van der Waals surface area contributed by atoms with Crippen LogP contribution in [0.3, 0.4) is 0 Å². The van der Waals surface area contributed by atoms with Crippen molar-refractivity contribution in [1.82, 2.24) is 4.90 Å². The number of fused-ring (bicyclic) bond motifs is 1. The van der Waals surface area contributed by atoms with E-state index in [4.69, 9.17) is 9.47 Å². The molecule has 0 spiro atoms. The van der Waals surface area contributed by atoms with Crippen LogP contribution in [0.4, 0.5) is 54.8 Å². The lowest BCUT2D eigenvalue weighted by atomic mass is 9.74. The number of carbonyl (C=O) groups excluding carboxylic acids is 2. The summed E-state index contributed by atoms with van der Waals surface area (Å²) in [5.41, 5.74) is -5.15. The van der Waals surface area contributed by atoms with E-state index in [0.717, 1.165) is 30.6 Å². The molecular weight excluding hydrogens is 599 g/mol. The van der Waals surface area contributed by atoms with Crippen LogP contribution in [0.15, 0.2) is 36.4 Å². The maximum atomic E-state index is 13.8. The topological polar surface area (TPSA) is 59.1 Å². The lowest BCUT2D eigenvalue weighted by Crippen LogP contribution is -2.53. The Kier molecular flexibility index (Phi) is 8.85. The molecule has 2 aromatic rings. The van der Waals surface area contributed by atoms with Crippen LogP contribution in [-0.4, -0.2) is 36.8 Å². The van der Waals surface area contributed by atoms with Gasteiger partial charge in [0.15, 0.2) is 0 Å². The minimum absolute atomic E-state index is 0.0199. The van der Waals surface area contributed by atoms with Gasteiger partial charge >= 0.3 is 30.7 Å². The highest BCUT2D eigenvalue weighted by molar-refractivity contribution is 5.90. The van der Waals surface area contributed by atoms with Crippen molar-refractivity contribution in [3.63, 3.8) is 0 Å². The van der Waals surface area contributed by atoms with Crippen LogP contribution in [0, 0.1) is 5.92 Å². The van der Waals surface area contributed by atoms with E-state index in [-0.39, 0.29) is 36.3 Å². The zero-order valence-electron chi connectivity index (χ0n) is 22.9. The number of ether oxygens (including phenoxy) is 2. The van der Waals surface area contributed by atoms with Gasteiger partial charge in [0.05, 0.1) is 42.1 Å². The van der Waals surface area contributed by atoms with E-state index < -0.39 is 71.6 Å². The Morgan fingerprint density at radius 3 is 1.93 bits per heavy atom. The van der Waals surface area contributed by atoms with Crippen LogP contribution in [0.2, 0.25) is 0 Å². The van der Waals surface area contributed by atoms with Gasteiger partial charge in [-0.15, -0.1) is 0 Å². The van der Waals surface area contributed by atoms with Crippen molar-refractivity contribution in [2.24, 2.45) is 5.92 Å². The van der Waals surface area contributed by atoms with Crippen molar-refractivity contribution >= 4 is 17.9 Å². The lowest BCUT2D eigenvalue weighted by Gasteiger charge is -2.48. The van der Waals surface area contributed by atoms with Gasteiger partial charge in [0.1, 0.15) is 0 Å². The number of amides is 2. The molecule has 6 nitrogen and oxygen atoms in total. The molecule has 43 heavy (non-hydrogen) atoms. The zero-order valence-corrected chi connectivity index (χ0v) is 22.9. The molecule has 0 saturated heterocycles. The van der Waals surface area contributed by atoms with E-state index in [2.05, 4.69) is 0 Å². The molecule has 2 unspecified atom stereocenters. The third-order valence-corrected chi connectivity index (χ3v) is 7.71. The van der Waals surface area contributed by atoms with Crippen molar-refractivity contribution < 1.29 is 58.6 Å². The quantitative estimate of drug-likeness (QED) is 0.312. The largest absolute Gasteiger partial charge is 0.453 e. The number of halogens is 9. The Morgan fingerprint density at radius 1 is 0.884 bits per heavy atom. The smallest absolute Gasteiger partial charge is 0.416 e. The van der Waals surface area contributed by atoms with Crippen molar-refractivity contribution in [2.45, 2.75) is 69.8 Å². The summed E-state index contributed by atoms with van der Waals surface area (Å²) in [7, 11) is 0.923. The van der Waals surface area contributed by atoms with Crippen molar-refractivity contribution in [3.8, 4) is 0 Å². The Bertz CT molecular complexity index is 1320. The first-order chi connectivity index (χ1) is 20.0. The van der Waals surface area contributed by atoms with Crippen LogP contribution in [-0.2, 0) is 34.5 Å². The van der Waals surface area contributed by atoms with Gasteiger partial charge in [-0.25, -0.2) is 9.59 Å². The summed E-state index contributed by atoms with van der Waals surface area (Å²) < 4.78 is 133. The van der Waals surface area contributed by atoms with Crippen LogP contribution in [0.1, 0.15) is 66.5 Å². The fraction of sp³-hybridized carbons (Fsp3) is 0.500. The molecule has 1 fully saturated rings. The normalized spacial score (nSPS) is 19.4. The number of nitrogens with zero attached hydrogens (tertiary/aromatic N) is 2. The molecule has 1 aliphatic heterocycles. The van der Waals surface area contributed by atoms with E-state index in [0.29, 0.717) is 31.0 Å². The maximum absolute atomic E-state index is 13.8. The average Bonchev–Trinajstić information content (AvgIpc) is 2.88. The molecular formula is C28H27F9N2O4. The molecule has 2 amide bonds. The molecule has 0 aromatic heterocycles. The van der Waals surface area contributed by atoms with Gasteiger partial charge in [0.2, 0.25) is 0 Å².